The van der Waals surface area contributed by atoms with Gasteiger partial charge in [0.2, 0.25) is 12.7 Å². The second kappa shape index (κ2) is 13.8. The van der Waals surface area contributed by atoms with Crippen molar-refractivity contribution >= 4 is 62.5 Å². The maximum Gasteiger partial charge on any atom is 0.294 e. The van der Waals surface area contributed by atoms with E-state index < -0.39 is 40.5 Å². The van der Waals surface area contributed by atoms with Crippen molar-refractivity contribution in [3.8, 4) is 11.4 Å². The van der Waals surface area contributed by atoms with Crippen molar-refractivity contribution in [2.45, 2.75) is 58.4 Å². The number of imidazole rings is 2. The molecule has 0 aliphatic carbocycles. The third kappa shape index (κ3) is 7.93. The first kappa shape index (κ1) is 37.2. The molecule has 0 fully saturated rings. The summed E-state index contributed by atoms with van der Waals surface area (Å²) in [7, 11) is -17.9. The Morgan fingerprint density at radius 2 is 0.731 bits per heavy atom. The maximum absolute atomic E-state index is 11.9. The van der Waals surface area contributed by atoms with Gasteiger partial charge in [-0.3, -0.25) is 18.2 Å². The van der Waals surface area contributed by atoms with Gasteiger partial charge < -0.3 is 0 Å². The molecule has 274 valence electrons. The Kier molecular flexibility index (Phi) is 9.87. The molecule has 0 atom stereocenters. The first-order valence-electron chi connectivity index (χ1n) is 15.5. The molecule has 20 heteroatoms. The molecular formula is C32H32N4O12S4+2. The van der Waals surface area contributed by atoms with Crippen LogP contribution in [0.3, 0.4) is 0 Å². The molecule has 0 amide bonds. The van der Waals surface area contributed by atoms with Crippen LogP contribution in [-0.2, 0) is 53.6 Å². The van der Waals surface area contributed by atoms with E-state index in [1.54, 1.807) is 33.9 Å². The molecule has 0 spiro atoms. The van der Waals surface area contributed by atoms with Gasteiger partial charge in [-0.05, 0) is 98.5 Å². The Balaban J connectivity index is 1.19. The summed E-state index contributed by atoms with van der Waals surface area (Å²) in [6.07, 6.45) is 6.47. The smallest absolute Gasteiger partial charge is 0.282 e. The summed E-state index contributed by atoms with van der Waals surface area (Å²) in [5.41, 5.74) is 3.16. The number of unbranched alkanes of at least 4 members (excludes halogenated alkanes) is 3. The maximum atomic E-state index is 11.9. The number of hydrogen-bond acceptors (Lipinski definition) is 8. The summed E-state index contributed by atoms with van der Waals surface area (Å²) in [5.74, 6) is 0. The lowest BCUT2D eigenvalue weighted by Gasteiger charge is -2.01. The highest BCUT2D eigenvalue weighted by Gasteiger charge is 2.23. The predicted octanol–water partition coefficient (Wildman–Crippen LogP) is 3.40. The fraction of sp³-hybridized carbons (Fsp3) is 0.188. The van der Waals surface area contributed by atoms with E-state index >= 15 is 0 Å². The first-order valence-corrected chi connectivity index (χ1v) is 21.3. The van der Waals surface area contributed by atoms with Crippen LogP contribution in [0.1, 0.15) is 25.7 Å². The zero-order chi connectivity index (χ0) is 37.6. The molecule has 0 radical (unpaired) electrons. The van der Waals surface area contributed by atoms with Crippen LogP contribution in [0.15, 0.2) is 117 Å². The second-order valence-electron chi connectivity index (χ2n) is 12.0. The Morgan fingerprint density at radius 3 is 1.04 bits per heavy atom. The van der Waals surface area contributed by atoms with Crippen LogP contribution in [0, 0.1) is 0 Å². The van der Waals surface area contributed by atoms with E-state index in [1.165, 1.54) is 72.8 Å². The molecule has 2 heterocycles. The summed E-state index contributed by atoms with van der Waals surface area (Å²) >= 11 is 0. The summed E-state index contributed by atoms with van der Waals surface area (Å²) in [5, 5.41) is 0. The molecule has 0 aliphatic rings. The molecule has 16 nitrogen and oxygen atoms in total. The third-order valence-electron chi connectivity index (χ3n) is 8.51. The minimum atomic E-state index is -4.51. The molecule has 4 N–H and O–H groups in total. The molecule has 6 aromatic rings. The van der Waals surface area contributed by atoms with Crippen LogP contribution in [-0.4, -0.2) is 61.0 Å². The molecule has 0 aliphatic heterocycles. The van der Waals surface area contributed by atoms with Crippen molar-refractivity contribution in [1.29, 1.82) is 0 Å². The number of nitrogens with zero attached hydrogens (tertiary/aromatic N) is 4. The van der Waals surface area contributed by atoms with Crippen molar-refractivity contribution in [1.82, 2.24) is 9.13 Å². The van der Waals surface area contributed by atoms with Gasteiger partial charge in [-0.2, -0.15) is 42.8 Å². The van der Waals surface area contributed by atoms with Crippen LogP contribution < -0.4 is 9.13 Å². The van der Waals surface area contributed by atoms with E-state index in [9.17, 15) is 51.9 Å². The van der Waals surface area contributed by atoms with Gasteiger partial charge in [-0.15, -0.1) is 0 Å². The van der Waals surface area contributed by atoms with Crippen molar-refractivity contribution in [3.05, 3.63) is 97.6 Å². The molecule has 0 bridgehead atoms. The van der Waals surface area contributed by atoms with E-state index in [4.69, 9.17) is 0 Å². The SMILES string of the molecule is O=S(=O)(O)c1ccc(-n2c[n+](CCCCCC[n+]3cn(-c4ccc(S(=O)(=O)O)cc4)c4cc(S(=O)(=O)O)ccc43)c3ccc(S(=O)(=O)O)cc32)cc1. The Morgan fingerprint density at radius 1 is 0.423 bits per heavy atom. The fourth-order valence-corrected chi connectivity index (χ4v) is 7.93. The van der Waals surface area contributed by atoms with Gasteiger partial charge in [0.15, 0.2) is 22.1 Å². The zero-order valence-corrected chi connectivity index (χ0v) is 30.2. The van der Waals surface area contributed by atoms with Crippen LogP contribution in [0.4, 0.5) is 0 Å². The van der Waals surface area contributed by atoms with Crippen molar-refractivity contribution in [2.75, 3.05) is 0 Å². The number of aromatic nitrogens is 4. The second-order valence-corrected chi connectivity index (χ2v) is 17.6. The van der Waals surface area contributed by atoms with Gasteiger partial charge in [-0.1, -0.05) is 0 Å². The average Bonchev–Trinajstić information content (AvgIpc) is 3.62. The normalized spacial score (nSPS) is 12.9. The van der Waals surface area contributed by atoms with E-state index in [2.05, 4.69) is 0 Å². The van der Waals surface area contributed by atoms with Gasteiger partial charge in [-0.25, -0.2) is 9.13 Å². The first-order chi connectivity index (χ1) is 24.3. The van der Waals surface area contributed by atoms with Gasteiger partial charge in [0, 0.05) is 12.1 Å². The Bertz CT molecular complexity index is 2580. The number of aryl methyl sites for hydroxylation is 2. The van der Waals surface area contributed by atoms with Crippen molar-refractivity contribution in [3.63, 3.8) is 0 Å². The summed E-state index contributed by atoms with van der Waals surface area (Å²) in [6, 6.07) is 19.0. The van der Waals surface area contributed by atoms with Crippen LogP contribution in [0.5, 0.6) is 0 Å². The van der Waals surface area contributed by atoms with Crippen molar-refractivity contribution < 1.29 is 61.0 Å². The van der Waals surface area contributed by atoms with Gasteiger partial charge in [0.1, 0.15) is 11.4 Å². The predicted molar refractivity (Wildman–Crippen MR) is 185 cm³/mol. The van der Waals surface area contributed by atoms with Crippen LogP contribution in [0.2, 0.25) is 0 Å². The quantitative estimate of drug-likeness (QED) is 0.0749. The Labute approximate surface area is 298 Å². The molecule has 0 saturated carbocycles. The summed E-state index contributed by atoms with van der Waals surface area (Å²) in [4.78, 5) is -1.24. The largest absolute Gasteiger partial charge is 0.294 e. The minimum Gasteiger partial charge on any atom is -0.282 e. The fourth-order valence-electron chi connectivity index (χ4n) is 5.97. The number of fused-ring (bicyclic) bond motifs is 2. The number of benzene rings is 4. The van der Waals surface area contributed by atoms with E-state index in [0.29, 0.717) is 46.5 Å². The highest BCUT2D eigenvalue weighted by atomic mass is 32.2. The van der Waals surface area contributed by atoms with E-state index in [-0.39, 0.29) is 19.6 Å². The highest BCUT2D eigenvalue weighted by molar-refractivity contribution is 7.86. The molecule has 52 heavy (non-hydrogen) atoms. The van der Waals surface area contributed by atoms with E-state index in [0.717, 1.165) is 25.7 Å². The average molecular weight is 793 g/mol. The van der Waals surface area contributed by atoms with Crippen LogP contribution in [0.25, 0.3) is 33.4 Å². The van der Waals surface area contributed by atoms with Gasteiger partial charge in [0.25, 0.3) is 40.5 Å². The molecule has 6 rings (SSSR count). The lowest BCUT2D eigenvalue weighted by atomic mass is 10.2. The highest BCUT2D eigenvalue weighted by Crippen LogP contribution is 2.24. The van der Waals surface area contributed by atoms with Crippen LogP contribution >= 0.6 is 0 Å². The molecule has 0 unspecified atom stereocenters. The lowest BCUT2D eigenvalue weighted by molar-refractivity contribution is -0.673. The molecule has 2 aromatic heterocycles. The topological polar surface area (TPSA) is 235 Å². The summed E-state index contributed by atoms with van der Waals surface area (Å²) in [6.45, 7) is 1.06. The molecular weight excluding hydrogens is 761 g/mol. The lowest BCUT2D eigenvalue weighted by Crippen LogP contribution is -2.33. The minimum absolute atomic E-state index is 0.306. The monoisotopic (exact) mass is 792 g/mol. The number of rotatable bonds is 13. The van der Waals surface area contributed by atoms with Gasteiger partial charge in [0.05, 0.1) is 32.7 Å². The summed E-state index contributed by atoms with van der Waals surface area (Å²) < 4.78 is 139. The molecule has 0 saturated heterocycles. The standard InChI is InChI=1S/C32H30N4O12S4/c37-49(38,39)25-9-5-23(6-10-25)35-21-33(29-15-13-27(19-31(29)35)51(43,44)45)17-3-1-2-4-18-34-22-36(24-7-11-26(12-8-24)50(40,41)42)32-20-28(52(46,47)48)14-16-30(32)34/h5-16,19-22H,1-4,17-18H2,(H2-2,37,38,39,40,41,42,43,44,45,46,47,48)/p+2. The number of hydrogen-bond donors (Lipinski definition) is 4. The zero-order valence-electron chi connectivity index (χ0n) is 27.0. The third-order valence-corrected chi connectivity index (χ3v) is 11.9. The van der Waals surface area contributed by atoms with E-state index in [1.807, 2.05) is 9.13 Å². The van der Waals surface area contributed by atoms with Gasteiger partial charge >= 0.3 is 0 Å². The van der Waals surface area contributed by atoms with Crippen molar-refractivity contribution in [2.24, 2.45) is 0 Å². The Hall–Kier alpha value is -4.54. The molecule has 4 aromatic carbocycles.